The minimum Gasteiger partial charge on any atom is -0.395 e. The van der Waals surface area contributed by atoms with Crippen molar-refractivity contribution in [1.29, 1.82) is 5.26 Å². The van der Waals surface area contributed by atoms with E-state index >= 15 is 0 Å². The Balaban J connectivity index is 2.11. The van der Waals surface area contributed by atoms with Crippen LogP contribution in [0.15, 0.2) is 59.5 Å². The SMILES string of the molecule is N#Cc1ccc(S(=O)(=O)CCN(CCO)c2ccccc2)cc1. The Bertz CT molecular complexity index is 766. The highest BCUT2D eigenvalue weighted by Gasteiger charge is 2.16. The Hall–Kier alpha value is -2.36. The van der Waals surface area contributed by atoms with Crippen molar-refractivity contribution in [2.45, 2.75) is 4.90 Å². The second kappa shape index (κ2) is 7.77. The van der Waals surface area contributed by atoms with Gasteiger partial charge in [0.05, 0.1) is 28.9 Å². The number of hydrogen-bond donors (Lipinski definition) is 1. The molecule has 0 aliphatic heterocycles. The lowest BCUT2D eigenvalue weighted by atomic mass is 10.2. The van der Waals surface area contributed by atoms with E-state index in [0.717, 1.165) is 5.69 Å². The van der Waals surface area contributed by atoms with Gasteiger partial charge < -0.3 is 10.0 Å². The van der Waals surface area contributed by atoms with Crippen LogP contribution in [0.2, 0.25) is 0 Å². The molecule has 0 saturated heterocycles. The average Bonchev–Trinajstić information content (AvgIpc) is 2.59. The smallest absolute Gasteiger partial charge is 0.180 e. The second-order valence-corrected chi connectivity index (χ2v) is 7.11. The van der Waals surface area contributed by atoms with E-state index in [2.05, 4.69) is 0 Å². The summed E-state index contributed by atoms with van der Waals surface area (Å²) in [5.41, 5.74) is 1.30. The zero-order chi connectivity index (χ0) is 16.7. The van der Waals surface area contributed by atoms with Crippen molar-refractivity contribution in [3.63, 3.8) is 0 Å². The summed E-state index contributed by atoms with van der Waals surface area (Å²) in [5, 5.41) is 17.9. The predicted octanol–water partition coefficient (Wildman–Crippen LogP) is 1.83. The van der Waals surface area contributed by atoms with Gasteiger partial charge in [-0.3, -0.25) is 0 Å². The van der Waals surface area contributed by atoms with E-state index in [0.29, 0.717) is 12.1 Å². The molecule has 0 aliphatic carbocycles. The molecule has 23 heavy (non-hydrogen) atoms. The minimum atomic E-state index is -3.44. The fourth-order valence-electron chi connectivity index (χ4n) is 2.21. The molecular weight excluding hydrogens is 312 g/mol. The van der Waals surface area contributed by atoms with E-state index in [4.69, 9.17) is 5.26 Å². The van der Waals surface area contributed by atoms with Crippen molar-refractivity contribution in [2.75, 3.05) is 30.3 Å². The highest BCUT2D eigenvalue weighted by atomic mass is 32.2. The van der Waals surface area contributed by atoms with Crippen molar-refractivity contribution in [3.05, 3.63) is 60.2 Å². The van der Waals surface area contributed by atoms with E-state index in [1.54, 1.807) is 0 Å². The standard InChI is InChI=1S/C17H18N2O3S/c18-14-15-6-8-17(9-7-15)23(21,22)13-11-19(10-12-20)16-4-2-1-3-5-16/h1-9,20H,10-13H2. The molecule has 2 rings (SSSR count). The molecule has 0 saturated carbocycles. The number of nitriles is 1. The molecule has 0 aromatic heterocycles. The number of hydrogen-bond acceptors (Lipinski definition) is 5. The van der Waals surface area contributed by atoms with Crippen molar-refractivity contribution >= 4 is 15.5 Å². The summed E-state index contributed by atoms with van der Waals surface area (Å²) < 4.78 is 24.8. The summed E-state index contributed by atoms with van der Waals surface area (Å²) in [6, 6.07) is 17.2. The lowest BCUT2D eigenvalue weighted by Gasteiger charge is -2.23. The maximum absolute atomic E-state index is 12.4. The monoisotopic (exact) mass is 330 g/mol. The van der Waals surface area contributed by atoms with Gasteiger partial charge in [0, 0.05) is 18.8 Å². The van der Waals surface area contributed by atoms with Gasteiger partial charge >= 0.3 is 0 Å². The molecule has 0 fully saturated rings. The Morgan fingerprint density at radius 2 is 1.65 bits per heavy atom. The quantitative estimate of drug-likeness (QED) is 0.837. The molecule has 0 heterocycles. The minimum absolute atomic E-state index is 0.0498. The average molecular weight is 330 g/mol. The fourth-order valence-corrected chi connectivity index (χ4v) is 3.46. The van der Waals surface area contributed by atoms with Gasteiger partial charge in [-0.05, 0) is 36.4 Å². The van der Waals surface area contributed by atoms with E-state index in [1.807, 2.05) is 41.3 Å². The van der Waals surface area contributed by atoms with Crippen molar-refractivity contribution < 1.29 is 13.5 Å². The van der Waals surface area contributed by atoms with Crippen LogP contribution in [0.5, 0.6) is 0 Å². The second-order valence-electron chi connectivity index (χ2n) is 5.00. The van der Waals surface area contributed by atoms with Crippen molar-refractivity contribution in [3.8, 4) is 6.07 Å². The van der Waals surface area contributed by atoms with Crippen LogP contribution in [-0.4, -0.2) is 39.0 Å². The van der Waals surface area contributed by atoms with Gasteiger partial charge in [-0.25, -0.2) is 8.42 Å². The largest absolute Gasteiger partial charge is 0.395 e. The number of anilines is 1. The van der Waals surface area contributed by atoms with Crippen LogP contribution in [0.25, 0.3) is 0 Å². The van der Waals surface area contributed by atoms with E-state index in [9.17, 15) is 13.5 Å². The lowest BCUT2D eigenvalue weighted by Crippen LogP contribution is -2.31. The summed E-state index contributed by atoms with van der Waals surface area (Å²) in [4.78, 5) is 2.04. The molecule has 2 aromatic carbocycles. The fraction of sp³-hybridized carbons (Fsp3) is 0.235. The molecule has 0 radical (unpaired) electrons. The van der Waals surface area contributed by atoms with E-state index in [-0.39, 0.29) is 23.8 Å². The third kappa shape index (κ3) is 4.55. The molecule has 0 amide bonds. The third-order valence-electron chi connectivity index (χ3n) is 3.46. The first-order valence-corrected chi connectivity index (χ1v) is 8.86. The van der Waals surface area contributed by atoms with E-state index < -0.39 is 9.84 Å². The van der Waals surface area contributed by atoms with Gasteiger partial charge in [0.15, 0.2) is 9.84 Å². The summed E-state index contributed by atoms with van der Waals surface area (Å²) >= 11 is 0. The Morgan fingerprint density at radius 3 is 2.22 bits per heavy atom. The van der Waals surface area contributed by atoms with Gasteiger partial charge in [0.2, 0.25) is 0 Å². The molecule has 6 heteroatoms. The molecular formula is C17H18N2O3S. The molecule has 0 spiro atoms. The van der Waals surface area contributed by atoms with Crippen LogP contribution < -0.4 is 4.90 Å². The van der Waals surface area contributed by atoms with Crippen LogP contribution in [0.3, 0.4) is 0 Å². The molecule has 5 nitrogen and oxygen atoms in total. The summed E-state index contributed by atoms with van der Waals surface area (Å²) in [6.07, 6.45) is 0. The van der Waals surface area contributed by atoms with Crippen LogP contribution in [-0.2, 0) is 9.84 Å². The zero-order valence-electron chi connectivity index (χ0n) is 12.6. The Kier molecular flexibility index (Phi) is 5.74. The molecule has 0 unspecified atom stereocenters. The van der Waals surface area contributed by atoms with Crippen molar-refractivity contribution in [2.24, 2.45) is 0 Å². The number of para-hydroxylation sites is 1. The maximum atomic E-state index is 12.4. The zero-order valence-corrected chi connectivity index (χ0v) is 13.4. The normalized spacial score (nSPS) is 11.0. The van der Waals surface area contributed by atoms with Gasteiger partial charge in [0.1, 0.15) is 0 Å². The van der Waals surface area contributed by atoms with Gasteiger partial charge in [-0.15, -0.1) is 0 Å². The number of rotatable bonds is 7. The molecule has 0 atom stereocenters. The maximum Gasteiger partial charge on any atom is 0.180 e. The first kappa shape index (κ1) is 17.0. The molecule has 0 aliphatic rings. The first-order chi connectivity index (χ1) is 11.1. The third-order valence-corrected chi connectivity index (χ3v) is 5.17. The Labute approximate surface area is 136 Å². The van der Waals surface area contributed by atoms with Crippen LogP contribution >= 0.6 is 0 Å². The summed E-state index contributed by atoms with van der Waals surface area (Å²) in [5.74, 6) is -0.0617. The molecule has 2 aromatic rings. The molecule has 120 valence electrons. The number of nitrogens with zero attached hydrogens (tertiary/aromatic N) is 2. The van der Waals surface area contributed by atoms with Gasteiger partial charge in [-0.2, -0.15) is 5.26 Å². The van der Waals surface area contributed by atoms with Crippen LogP contribution in [0, 0.1) is 11.3 Å². The van der Waals surface area contributed by atoms with Crippen LogP contribution in [0.1, 0.15) is 5.56 Å². The molecule has 0 bridgehead atoms. The number of benzene rings is 2. The highest BCUT2D eigenvalue weighted by molar-refractivity contribution is 7.91. The first-order valence-electron chi connectivity index (χ1n) is 7.20. The predicted molar refractivity (Wildman–Crippen MR) is 89.0 cm³/mol. The van der Waals surface area contributed by atoms with Crippen molar-refractivity contribution in [1.82, 2.24) is 0 Å². The van der Waals surface area contributed by atoms with Gasteiger partial charge in [0.25, 0.3) is 0 Å². The molecule has 1 N–H and O–H groups in total. The lowest BCUT2D eigenvalue weighted by molar-refractivity contribution is 0.302. The number of aliphatic hydroxyl groups is 1. The Morgan fingerprint density at radius 1 is 1.00 bits per heavy atom. The topological polar surface area (TPSA) is 81.4 Å². The van der Waals surface area contributed by atoms with E-state index in [1.165, 1.54) is 24.3 Å². The number of sulfone groups is 1. The number of aliphatic hydroxyl groups excluding tert-OH is 1. The summed E-state index contributed by atoms with van der Waals surface area (Å²) in [7, 11) is -3.44. The van der Waals surface area contributed by atoms with Crippen LogP contribution in [0.4, 0.5) is 5.69 Å². The summed E-state index contributed by atoms with van der Waals surface area (Å²) in [6.45, 7) is 0.603. The van der Waals surface area contributed by atoms with Gasteiger partial charge in [-0.1, -0.05) is 18.2 Å². The highest BCUT2D eigenvalue weighted by Crippen LogP contribution is 2.16.